The van der Waals surface area contributed by atoms with Gasteiger partial charge in [-0.05, 0) is 31.9 Å². The van der Waals surface area contributed by atoms with E-state index in [1.165, 1.54) is 18.2 Å². The van der Waals surface area contributed by atoms with E-state index in [9.17, 15) is 14.0 Å². The monoisotopic (exact) mass is 383 g/mol. The molecule has 0 spiro atoms. The Hall–Kier alpha value is -1.86. The molecule has 2 amide bonds. The standard InChI is InChI=1S/C18H23ClFN3O3/c1-12(18(25)21-13-2-3-13)22-6-8-23(9-7-22)17(24)11-26-14-4-5-16(20)15(19)10-14/h4-5,10,12-13H,2-3,6-9,11H2,1H3,(H,21,25). The van der Waals surface area contributed by atoms with E-state index >= 15 is 0 Å². The van der Waals surface area contributed by atoms with Crippen LogP contribution in [0.3, 0.4) is 0 Å². The number of hydrogen-bond acceptors (Lipinski definition) is 4. The first-order valence-corrected chi connectivity index (χ1v) is 9.22. The van der Waals surface area contributed by atoms with Gasteiger partial charge in [0.15, 0.2) is 6.61 Å². The molecule has 8 heteroatoms. The molecule has 1 aromatic rings. The first-order chi connectivity index (χ1) is 12.4. The molecule has 1 N–H and O–H groups in total. The van der Waals surface area contributed by atoms with Crippen molar-refractivity contribution < 1.29 is 18.7 Å². The molecule has 0 aromatic heterocycles. The molecule has 2 fully saturated rings. The molecule has 6 nitrogen and oxygen atoms in total. The molecule has 1 aromatic carbocycles. The van der Waals surface area contributed by atoms with E-state index in [0.717, 1.165) is 12.8 Å². The summed E-state index contributed by atoms with van der Waals surface area (Å²) in [5, 5.41) is 2.97. The number of hydrogen-bond donors (Lipinski definition) is 1. The molecule has 1 atom stereocenters. The Morgan fingerprint density at radius 2 is 2.00 bits per heavy atom. The van der Waals surface area contributed by atoms with Crippen molar-refractivity contribution in [1.29, 1.82) is 0 Å². The number of nitrogens with one attached hydrogen (secondary N) is 1. The van der Waals surface area contributed by atoms with E-state index in [1.54, 1.807) is 4.90 Å². The number of amides is 2. The third-order valence-electron chi connectivity index (χ3n) is 4.77. The van der Waals surface area contributed by atoms with Gasteiger partial charge in [0.2, 0.25) is 5.91 Å². The summed E-state index contributed by atoms with van der Waals surface area (Å²) in [7, 11) is 0. The smallest absolute Gasteiger partial charge is 0.260 e. The van der Waals surface area contributed by atoms with Crippen LogP contribution in [0.2, 0.25) is 5.02 Å². The number of nitrogens with zero attached hydrogens (tertiary/aromatic N) is 2. The summed E-state index contributed by atoms with van der Waals surface area (Å²) in [6.07, 6.45) is 2.14. The van der Waals surface area contributed by atoms with Crippen molar-refractivity contribution in [3.63, 3.8) is 0 Å². The van der Waals surface area contributed by atoms with Crippen LogP contribution in [0.15, 0.2) is 18.2 Å². The van der Waals surface area contributed by atoms with Crippen molar-refractivity contribution in [3.8, 4) is 5.75 Å². The molecular weight excluding hydrogens is 361 g/mol. The molecule has 2 aliphatic rings. The molecule has 1 aliphatic heterocycles. The lowest BCUT2D eigenvalue weighted by Gasteiger charge is -2.37. The molecule has 1 unspecified atom stereocenters. The highest BCUT2D eigenvalue weighted by molar-refractivity contribution is 6.30. The van der Waals surface area contributed by atoms with Crippen LogP contribution in [0.25, 0.3) is 0 Å². The van der Waals surface area contributed by atoms with Crippen LogP contribution in [0, 0.1) is 5.82 Å². The van der Waals surface area contributed by atoms with Gasteiger partial charge in [0, 0.05) is 38.3 Å². The summed E-state index contributed by atoms with van der Waals surface area (Å²) in [5.41, 5.74) is 0. The molecular formula is C18H23ClFN3O3. The predicted molar refractivity (Wildman–Crippen MR) is 95.7 cm³/mol. The van der Waals surface area contributed by atoms with Gasteiger partial charge in [0.05, 0.1) is 11.1 Å². The van der Waals surface area contributed by atoms with Gasteiger partial charge in [0.1, 0.15) is 11.6 Å². The Bertz CT molecular complexity index is 676. The fraction of sp³-hybridized carbons (Fsp3) is 0.556. The predicted octanol–water partition coefficient (Wildman–Crippen LogP) is 1.67. The maximum Gasteiger partial charge on any atom is 0.260 e. The molecule has 0 radical (unpaired) electrons. The Morgan fingerprint density at radius 1 is 1.31 bits per heavy atom. The van der Waals surface area contributed by atoms with E-state index in [2.05, 4.69) is 10.2 Å². The van der Waals surface area contributed by atoms with Crippen molar-refractivity contribution in [2.75, 3.05) is 32.8 Å². The van der Waals surface area contributed by atoms with Crippen LogP contribution in [-0.2, 0) is 9.59 Å². The Kier molecular flexibility index (Phi) is 5.98. The zero-order valence-electron chi connectivity index (χ0n) is 14.7. The molecule has 26 heavy (non-hydrogen) atoms. The second-order valence-corrected chi connectivity index (χ2v) is 7.15. The van der Waals surface area contributed by atoms with Gasteiger partial charge < -0.3 is 15.0 Å². The molecule has 0 bridgehead atoms. The van der Waals surface area contributed by atoms with Crippen LogP contribution >= 0.6 is 11.6 Å². The Balaban J connectivity index is 1.42. The summed E-state index contributed by atoms with van der Waals surface area (Å²) in [6, 6.07) is 4.15. The zero-order chi connectivity index (χ0) is 18.7. The van der Waals surface area contributed by atoms with Crippen LogP contribution in [0.5, 0.6) is 5.75 Å². The van der Waals surface area contributed by atoms with Gasteiger partial charge in [-0.15, -0.1) is 0 Å². The molecule has 1 heterocycles. The molecule has 1 aliphatic carbocycles. The van der Waals surface area contributed by atoms with Crippen LogP contribution in [0.4, 0.5) is 4.39 Å². The lowest BCUT2D eigenvalue weighted by molar-refractivity contribution is -0.136. The summed E-state index contributed by atoms with van der Waals surface area (Å²) < 4.78 is 18.5. The van der Waals surface area contributed by atoms with Crippen molar-refractivity contribution >= 4 is 23.4 Å². The summed E-state index contributed by atoms with van der Waals surface area (Å²) in [4.78, 5) is 28.2. The van der Waals surface area contributed by atoms with Crippen molar-refractivity contribution in [3.05, 3.63) is 29.0 Å². The zero-order valence-corrected chi connectivity index (χ0v) is 15.5. The minimum absolute atomic E-state index is 0.0398. The van der Waals surface area contributed by atoms with E-state index < -0.39 is 5.82 Å². The van der Waals surface area contributed by atoms with E-state index in [1.807, 2.05) is 6.92 Å². The van der Waals surface area contributed by atoms with Crippen molar-refractivity contribution in [2.24, 2.45) is 0 Å². The quantitative estimate of drug-likeness (QED) is 0.811. The highest BCUT2D eigenvalue weighted by Crippen LogP contribution is 2.21. The normalized spacial score (nSPS) is 19.1. The average Bonchev–Trinajstić information content (AvgIpc) is 3.46. The molecule has 1 saturated carbocycles. The van der Waals surface area contributed by atoms with Gasteiger partial charge in [-0.25, -0.2) is 4.39 Å². The summed E-state index contributed by atoms with van der Waals surface area (Å²) >= 11 is 5.70. The van der Waals surface area contributed by atoms with Gasteiger partial charge in [0.25, 0.3) is 5.91 Å². The number of rotatable bonds is 6. The highest BCUT2D eigenvalue weighted by atomic mass is 35.5. The number of ether oxygens (including phenoxy) is 1. The number of carbonyl (C=O) groups is 2. The Labute approximate surface area is 157 Å². The molecule has 142 valence electrons. The summed E-state index contributed by atoms with van der Waals surface area (Å²) in [6.45, 7) is 4.16. The van der Waals surface area contributed by atoms with E-state index in [-0.39, 0.29) is 29.5 Å². The second-order valence-electron chi connectivity index (χ2n) is 6.74. The van der Waals surface area contributed by atoms with Crippen LogP contribution < -0.4 is 10.1 Å². The average molecular weight is 384 g/mol. The molecule has 3 rings (SSSR count). The fourth-order valence-electron chi connectivity index (χ4n) is 2.88. The second kappa shape index (κ2) is 8.22. The minimum atomic E-state index is -0.527. The lowest BCUT2D eigenvalue weighted by Crippen LogP contribution is -2.55. The van der Waals surface area contributed by atoms with Gasteiger partial charge >= 0.3 is 0 Å². The third-order valence-corrected chi connectivity index (χ3v) is 5.06. The van der Waals surface area contributed by atoms with Crippen LogP contribution in [0.1, 0.15) is 19.8 Å². The largest absolute Gasteiger partial charge is 0.484 e. The molecule has 1 saturated heterocycles. The van der Waals surface area contributed by atoms with Crippen LogP contribution in [-0.4, -0.2) is 66.5 Å². The maximum absolute atomic E-state index is 13.1. The SMILES string of the molecule is CC(C(=O)NC1CC1)N1CCN(C(=O)COc2ccc(F)c(Cl)c2)CC1. The number of carbonyl (C=O) groups excluding carboxylic acids is 2. The van der Waals surface area contributed by atoms with Gasteiger partial charge in [-0.3, -0.25) is 14.5 Å². The topological polar surface area (TPSA) is 61.9 Å². The number of benzene rings is 1. The van der Waals surface area contributed by atoms with Crippen molar-refractivity contribution in [2.45, 2.75) is 31.8 Å². The number of piperazine rings is 1. The van der Waals surface area contributed by atoms with Gasteiger partial charge in [-0.2, -0.15) is 0 Å². The lowest BCUT2D eigenvalue weighted by atomic mass is 10.2. The first kappa shape index (κ1) is 18.9. The Morgan fingerprint density at radius 3 is 2.62 bits per heavy atom. The van der Waals surface area contributed by atoms with Gasteiger partial charge in [-0.1, -0.05) is 11.6 Å². The highest BCUT2D eigenvalue weighted by Gasteiger charge is 2.30. The number of halogens is 2. The third kappa shape index (κ3) is 4.86. The summed E-state index contributed by atoms with van der Waals surface area (Å²) in [5.74, 6) is -0.251. The van der Waals surface area contributed by atoms with E-state index in [0.29, 0.717) is 38.0 Å². The fourth-order valence-corrected chi connectivity index (χ4v) is 3.05. The van der Waals surface area contributed by atoms with Crippen molar-refractivity contribution in [1.82, 2.24) is 15.1 Å². The van der Waals surface area contributed by atoms with E-state index in [4.69, 9.17) is 16.3 Å². The minimum Gasteiger partial charge on any atom is -0.484 e. The maximum atomic E-state index is 13.1. The first-order valence-electron chi connectivity index (χ1n) is 8.84.